The predicted octanol–water partition coefficient (Wildman–Crippen LogP) is 1.67. The summed E-state index contributed by atoms with van der Waals surface area (Å²) in [7, 11) is 3.04. The largest absolute Gasteiger partial charge is 0.392 e. The van der Waals surface area contributed by atoms with Crippen LogP contribution in [0.5, 0.6) is 0 Å². The maximum absolute atomic E-state index is 11.6. The van der Waals surface area contributed by atoms with Crippen LogP contribution in [0.1, 0.15) is 26.7 Å². The number of aliphatic hydroxyl groups excluding tert-OH is 1. The molecular formula is C12H21NO3. The summed E-state index contributed by atoms with van der Waals surface area (Å²) in [6.07, 6.45) is 5.29. The van der Waals surface area contributed by atoms with Gasteiger partial charge in [0, 0.05) is 12.6 Å². The van der Waals surface area contributed by atoms with Crippen molar-refractivity contribution in [3.8, 4) is 0 Å². The highest BCUT2D eigenvalue weighted by atomic mass is 16.7. The second-order valence-electron chi connectivity index (χ2n) is 3.64. The van der Waals surface area contributed by atoms with Crippen molar-refractivity contribution in [2.45, 2.75) is 26.7 Å². The van der Waals surface area contributed by atoms with E-state index in [9.17, 15) is 4.79 Å². The molecule has 0 aliphatic rings. The van der Waals surface area contributed by atoms with Crippen molar-refractivity contribution in [3.63, 3.8) is 0 Å². The summed E-state index contributed by atoms with van der Waals surface area (Å²) in [6, 6.07) is 0. The van der Waals surface area contributed by atoms with E-state index in [0.717, 1.165) is 18.4 Å². The summed E-state index contributed by atoms with van der Waals surface area (Å²) in [5, 5.41) is 9.87. The van der Waals surface area contributed by atoms with Gasteiger partial charge < -0.3 is 5.11 Å². The SMILES string of the molecule is CON(C)C(=O)C(C)=CCCC(C)=CCO. The number of nitrogens with zero attached hydrogens (tertiary/aromatic N) is 1. The van der Waals surface area contributed by atoms with E-state index >= 15 is 0 Å². The molecule has 0 bridgehead atoms. The quantitative estimate of drug-likeness (QED) is 0.426. The number of hydroxylamine groups is 2. The van der Waals surface area contributed by atoms with E-state index in [1.165, 1.54) is 12.2 Å². The minimum absolute atomic E-state index is 0.0693. The summed E-state index contributed by atoms with van der Waals surface area (Å²) in [5.74, 6) is -0.133. The van der Waals surface area contributed by atoms with E-state index in [-0.39, 0.29) is 12.5 Å². The third kappa shape index (κ3) is 5.68. The van der Waals surface area contributed by atoms with Gasteiger partial charge in [0.2, 0.25) is 0 Å². The first kappa shape index (κ1) is 14.9. The Hall–Kier alpha value is -1.13. The first-order valence-corrected chi connectivity index (χ1v) is 5.28. The van der Waals surface area contributed by atoms with Crippen LogP contribution in [0, 0.1) is 0 Å². The highest BCUT2D eigenvalue weighted by molar-refractivity contribution is 5.91. The first-order valence-electron chi connectivity index (χ1n) is 5.28. The average molecular weight is 227 g/mol. The van der Waals surface area contributed by atoms with Gasteiger partial charge in [-0.2, -0.15) is 0 Å². The molecule has 92 valence electrons. The first-order chi connectivity index (χ1) is 7.52. The van der Waals surface area contributed by atoms with E-state index in [0.29, 0.717) is 5.57 Å². The standard InChI is InChI=1S/C12H21NO3/c1-10(8-9-14)6-5-7-11(2)12(15)13(3)16-4/h7-8,14H,5-6,9H2,1-4H3. The zero-order chi connectivity index (χ0) is 12.6. The number of hydrogen-bond donors (Lipinski definition) is 1. The topological polar surface area (TPSA) is 49.8 Å². The van der Waals surface area contributed by atoms with Crippen LogP contribution >= 0.6 is 0 Å². The molecule has 0 saturated heterocycles. The van der Waals surface area contributed by atoms with Gasteiger partial charge >= 0.3 is 0 Å². The van der Waals surface area contributed by atoms with Gasteiger partial charge in [0.15, 0.2) is 0 Å². The average Bonchev–Trinajstić information content (AvgIpc) is 2.27. The smallest absolute Gasteiger partial charge is 0.272 e. The van der Waals surface area contributed by atoms with Gasteiger partial charge in [-0.1, -0.05) is 17.7 Å². The van der Waals surface area contributed by atoms with Gasteiger partial charge in [-0.15, -0.1) is 0 Å². The lowest BCUT2D eigenvalue weighted by Crippen LogP contribution is -2.25. The van der Waals surface area contributed by atoms with Crippen LogP contribution in [0.4, 0.5) is 0 Å². The van der Waals surface area contributed by atoms with Crippen LogP contribution in [0.15, 0.2) is 23.3 Å². The Morgan fingerprint density at radius 3 is 2.50 bits per heavy atom. The molecule has 1 amide bonds. The lowest BCUT2D eigenvalue weighted by atomic mass is 10.1. The van der Waals surface area contributed by atoms with Gasteiger partial charge in [0.05, 0.1) is 13.7 Å². The van der Waals surface area contributed by atoms with Crippen molar-refractivity contribution in [2.75, 3.05) is 20.8 Å². The predicted molar refractivity (Wildman–Crippen MR) is 63.6 cm³/mol. The maximum atomic E-state index is 11.6. The van der Waals surface area contributed by atoms with E-state index in [4.69, 9.17) is 9.94 Å². The molecule has 0 unspecified atom stereocenters. The number of aliphatic hydroxyl groups is 1. The minimum atomic E-state index is -0.133. The summed E-state index contributed by atoms with van der Waals surface area (Å²) >= 11 is 0. The van der Waals surface area contributed by atoms with Crippen LogP contribution in [-0.4, -0.2) is 36.8 Å². The highest BCUT2D eigenvalue weighted by Crippen LogP contribution is 2.07. The molecule has 0 aliphatic carbocycles. The Morgan fingerprint density at radius 1 is 1.38 bits per heavy atom. The summed E-state index contributed by atoms with van der Waals surface area (Å²) in [4.78, 5) is 16.4. The Morgan fingerprint density at radius 2 is 2.00 bits per heavy atom. The van der Waals surface area contributed by atoms with Crippen molar-refractivity contribution in [1.82, 2.24) is 5.06 Å². The van der Waals surface area contributed by atoms with Crippen LogP contribution in [-0.2, 0) is 9.63 Å². The third-order valence-corrected chi connectivity index (χ3v) is 2.33. The fourth-order valence-electron chi connectivity index (χ4n) is 1.19. The van der Waals surface area contributed by atoms with E-state index in [2.05, 4.69) is 0 Å². The molecule has 0 spiro atoms. The molecule has 0 atom stereocenters. The Balaban J connectivity index is 4.15. The van der Waals surface area contributed by atoms with Crippen LogP contribution in [0.2, 0.25) is 0 Å². The van der Waals surface area contributed by atoms with Gasteiger partial charge in [-0.05, 0) is 26.7 Å². The number of carbonyl (C=O) groups excluding carboxylic acids is 1. The molecule has 0 fully saturated rings. The molecule has 4 nitrogen and oxygen atoms in total. The zero-order valence-corrected chi connectivity index (χ0v) is 10.5. The molecule has 0 heterocycles. The number of hydrogen-bond acceptors (Lipinski definition) is 3. The number of rotatable bonds is 6. The highest BCUT2D eigenvalue weighted by Gasteiger charge is 2.08. The monoisotopic (exact) mass is 227 g/mol. The lowest BCUT2D eigenvalue weighted by Gasteiger charge is -2.13. The molecule has 0 aromatic heterocycles. The van der Waals surface area contributed by atoms with Gasteiger partial charge in [-0.25, -0.2) is 5.06 Å². The third-order valence-electron chi connectivity index (χ3n) is 2.33. The maximum Gasteiger partial charge on any atom is 0.272 e. The van der Waals surface area contributed by atoms with Gasteiger partial charge in [-0.3, -0.25) is 9.63 Å². The molecule has 0 radical (unpaired) electrons. The van der Waals surface area contributed by atoms with Crippen molar-refractivity contribution in [3.05, 3.63) is 23.3 Å². The number of likely N-dealkylation sites (N-methyl/N-ethyl adjacent to an activating group) is 1. The van der Waals surface area contributed by atoms with E-state index < -0.39 is 0 Å². The minimum Gasteiger partial charge on any atom is -0.392 e. The Bertz CT molecular complexity index is 282. The molecule has 0 saturated carbocycles. The van der Waals surface area contributed by atoms with Crippen LogP contribution < -0.4 is 0 Å². The fourth-order valence-corrected chi connectivity index (χ4v) is 1.19. The van der Waals surface area contributed by atoms with Crippen LogP contribution in [0.25, 0.3) is 0 Å². The summed E-state index contributed by atoms with van der Waals surface area (Å²) < 4.78 is 0. The van der Waals surface area contributed by atoms with Crippen LogP contribution in [0.3, 0.4) is 0 Å². The molecule has 0 aliphatic heterocycles. The van der Waals surface area contributed by atoms with Gasteiger partial charge in [0.1, 0.15) is 0 Å². The van der Waals surface area contributed by atoms with Crippen molar-refractivity contribution >= 4 is 5.91 Å². The molecule has 0 rings (SSSR count). The van der Waals surface area contributed by atoms with Crippen molar-refractivity contribution in [2.24, 2.45) is 0 Å². The number of allylic oxidation sites excluding steroid dienone is 2. The normalized spacial score (nSPS) is 12.8. The molecule has 4 heteroatoms. The Kier molecular flexibility index (Phi) is 7.50. The molecule has 1 N–H and O–H groups in total. The van der Waals surface area contributed by atoms with Crippen molar-refractivity contribution in [1.29, 1.82) is 0 Å². The summed E-state index contributed by atoms with van der Waals surface area (Å²) in [6.45, 7) is 3.80. The molecule has 0 aromatic carbocycles. The lowest BCUT2D eigenvalue weighted by molar-refractivity contribution is -0.163. The fraction of sp³-hybridized carbons (Fsp3) is 0.583. The second-order valence-corrected chi connectivity index (χ2v) is 3.64. The van der Waals surface area contributed by atoms with Gasteiger partial charge in [0.25, 0.3) is 5.91 Å². The number of carbonyl (C=O) groups is 1. The zero-order valence-electron chi connectivity index (χ0n) is 10.5. The Labute approximate surface area is 97.2 Å². The van der Waals surface area contributed by atoms with E-state index in [1.807, 2.05) is 13.0 Å². The molecule has 16 heavy (non-hydrogen) atoms. The molecular weight excluding hydrogens is 206 g/mol. The molecule has 0 aromatic rings. The van der Waals surface area contributed by atoms with Crippen molar-refractivity contribution < 1.29 is 14.7 Å². The number of amides is 1. The van der Waals surface area contributed by atoms with E-state index in [1.54, 1.807) is 20.0 Å². The summed E-state index contributed by atoms with van der Waals surface area (Å²) in [5.41, 5.74) is 1.79. The second kappa shape index (κ2) is 8.07.